The van der Waals surface area contributed by atoms with Crippen LogP contribution in [0.4, 0.5) is 0 Å². The van der Waals surface area contributed by atoms with Crippen LogP contribution < -0.4 is 5.73 Å². The van der Waals surface area contributed by atoms with E-state index in [0.29, 0.717) is 6.04 Å². The first-order valence-electron chi connectivity index (χ1n) is 8.72. The van der Waals surface area contributed by atoms with Crippen molar-refractivity contribution in [2.45, 2.75) is 84.1 Å². The zero-order valence-corrected chi connectivity index (χ0v) is 13.4. The fourth-order valence-electron chi connectivity index (χ4n) is 3.19. The molecule has 0 amide bonds. The van der Waals surface area contributed by atoms with E-state index in [4.69, 9.17) is 5.73 Å². The van der Waals surface area contributed by atoms with Crippen LogP contribution >= 0.6 is 0 Å². The molecule has 1 aliphatic heterocycles. The van der Waals surface area contributed by atoms with Crippen LogP contribution in [0.2, 0.25) is 0 Å². The summed E-state index contributed by atoms with van der Waals surface area (Å²) in [4.78, 5) is 2.65. The number of unbranched alkanes of at least 4 members (excludes halogenated alkanes) is 7. The highest BCUT2D eigenvalue weighted by atomic mass is 15.1. The molecule has 0 radical (unpaired) electrons. The van der Waals surface area contributed by atoms with Gasteiger partial charge in [0.1, 0.15) is 0 Å². The lowest BCUT2D eigenvalue weighted by atomic mass is 9.92. The second-order valence-electron chi connectivity index (χ2n) is 6.54. The molecule has 1 rings (SSSR count). The normalized spacial score (nSPS) is 22.6. The van der Waals surface area contributed by atoms with Gasteiger partial charge < -0.3 is 10.6 Å². The van der Waals surface area contributed by atoms with Crippen LogP contribution in [0.3, 0.4) is 0 Å². The maximum atomic E-state index is 6.04. The van der Waals surface area contributed by atoms with Crippen molar-refractivity contribution >= 4 is 0 Å². The van der Waals surface area contributed by atoms with Crippen molar-refractivity contribution in [2.75, 3.05) is 19.6 Å². The molecule has 1 fully saturated rings. The molecule has 2 nitrogen and oxygen atoms in total. The SMILES string of the molecule is CCCCCCCCCCN1CCCC(C(C)N)C1. The van der Waals surface area contributed by atoms with Crippen molar-refractivity contribution in [3.05, 3.63) is 0 Å². The second kappa shape index (κ2) is 10.7. The fourth-order valence-corrected chi connectivity index (χ4v) is 3.19. The van der Waals surface area contributed by atoms with Gasteiger partial charge in [-0.25, -0.2) is 0 Å². The van der Waals surface area contributed by atoms with Crippen molar-refractivity contribution < 1.29 is 0 Å². The third-order valence-electron chi connectivity index (χ3n) is 4.61. The summed E-state index contributed by atoms with van der Waals surface area (Å²) in [6.45, 7) is 8.31. The minimum absolute atomic E-state index is 0.376. The molecule has 19 heavy (non-hydrogen) atoms. The van der Waals surface area contributed by atoms with E-state index in [1.807, 2.05) is 0 Å². The van der Waals surface area contributed by atoms with E-state index >= 15 is 0 Å². The monoisotopic (exact) mass is 268 g/mol. The largest absolute Gasteiger partial charge is 0.328 e. The lowest BCUT2D eigenvalue weighted by molar-refractivity contribution is 0.158. The van der Waals surface area contributed by atoms with E-state index in [1.54, 1.807) is 0 Å². The average Bonchev–Trinajstić information content (AvgIpc) is 2.42. The molecule has 0 aromatic heterocycles. The number of rotatable bonds is 10. The van der Waals surface area contributed by atoms with Gasteiger partial charge in [0.15, 0.2) is 0 Å². The number of hydrogen-bond donors (Lipinski definition) is 1. The molecule has 0 spiro atoms. The third-order valence-corrected chi connectivity index (χ3v) is 4.61. The van der Waals surface area contributed by atoms with Gasteiger partial charge in [0.2, 0.25) is 0 Å². The predicted octanol–water partition coefficient (Wildman–Crippen LogP) is 4.19. The van der Waals surface area contributed by atoms with Crippen LogP contribution in [0.5, 0.6) is 0 Å². The quantitative estimate of drug-likeness (QED) is 0.602. The second-order valence-corrected chi connectivity index (χ2v) is 6.54. The molecule has 114 valence electrons. The van der Waals surface area contributed by atoms with Gasteiger partial charge in [-0.3, -0.25) is 0 Å². The van der Waals surface area contributed by atoms with Gasteiger partial charge in [0.25, 0.3) is 0 Å². The van der Waals surface area contributed by atoms with Crippen LogP contribution in [-0.4, -0.2) is 30.6 Å². The zero-order valence-electron chi connectivity index (χ0n) is 13.4. The molecule has 0 bridgehead atoms. The molecule has 0 aromatic rings. The van der Waals surface area contributed by atoms with Crippen LogP contribution in [0.25, 0.3) is 0 Å². The maximum Gasteiger partial charge on any atom is 0.00509 e. The zero-order chi connectivity index (χ0) is 13.9. The summed E-state index contributed by atoms with van der Waals surface area (Å²) < 4.78 is 0. The molecule has 1 heterocycles. The predicted molar refractivity (Wildman–Crippen MR) is 85.4 cm³/mol. The molecule has 1 saturated heterocycles. The minimum Gasteiger partial charge on any atom is -0.328 e. The van der Waals surface area contributed by atoms with E-state index in [1.165, 1.54) is 83.8 Å². The first-order valence-corrected chi connectivity index (χ1v) is 8.72. The van der Waals surface area contributed by atoms with Gasteiger partial charge in [-0.2, -0.15) is 0 Å². The van der Waals surface area contributed by atoms with E-state index in [-0.39, 0.29) is 0 Å². The Morgan fingerprint density at radius 3 is 2.32 bits per heavy atom. The summed E-state index contributed by atoms with van der Waals surface area (Å²) in [5.74, 6) is 0.739. The Morgan fingerprint density at radius 1 is 1.05 bits per heavy atom. The van der Waals surface area contributed by atoms with E-state index in [9.17, 15) is 0 Å². The van der Waals surface area contributed by atoms with Crippen molar-refractivity contribution in [1.82, 2.24) is 4.90 Å². The minimum atomic E-state index is 0.376. The Morgan fingerprint density at radius 2 is 1.68 bits per heavy atom. The Balaban J connectivity index is 1.94. The smallest absolute Gasteiger partial charge is 0.00509 e. The third kappa shape index (κ3) is 7.94. The van der Waals surface area contributed by atoms with Gasteiger partial charge in [-0.1, -0.05) is 51.9 Å². The summed E-state index contributed by atoms with van der Waals surface area (Å²) in [6, 6.07) is 0.376. The van der Waals surface area contributed by atoms with Gasteiger partial charge >= 0.3 is 0 Å². The summed E-state index contributed by atoms with van der Waals surface area (Å²) in [5, 5.41) is 0. The van der Waals surface area contributed by atoms with Crippen LogP contribution in [0.1, 0.15) is 78.1 Å². The van der Waals surface area contributed by atoms with Gasteiger partial charge in [0.05, 0.1) is 0 Å². The summed E-state index contributed by atoms with van der Waals surface area (Å²) in [5.41, 5.74) is 6.04. The Kier molecular flexibility index (Phi) is 9.54. The molecule has 2 unspecified atom stereocenters. The number of piperidine rings is 1. The first-order chi connectivity index (χ1) is 9.24. The van der Waals surface area contributed by atoms with Crippen molar-refractivity contribution in [3.8, 4) is 0 Å². The molecule has 0 saturated carbocycles. The molecule has 2 heteroatoms. The number of likely N-dealkylation sites (tertiary alicyclic amines) is 1. The fraction of sp³-hybridized carbons (Fsp3) is 1.00. The van der Waals surface area contributed by atoms with Crippen LogP contribution in [-0.2, 0) is 0 Å². The molecular weight excluding hydrogens is 232 g/mol. The molecule has 2 N–H and O–H groups in total. The number of nitrogens with two attached hydrogens (primary N) is 1. The van der Waals surface area contributed by atoms with Crippen molar-refractivity contribution in [3.63, 3.8) is 0 Å². The lowest BCUT2D eigenvalue weighted by Crippen LogP contribution is -2.42. The molecule has 0 aromatic carbocycles. The maximum absolute atomic E-state index is 6.04. The lowest BCUT2D eigenvalue weighted by Gasteiger charge is -2.34. The Labute approximate surface area is 121 Å². The number of hydrogen-bond acceptors (Lipinski definition) is 2. The van der Waals surface area contributed by atoms with Crippen LogP contribution in [0.15, 0.2) is 0 Å². The topological polar surface area (TPSA) is 29.3 Å². The van der Waals surface area contributed by atoms with Crippen molar-refractivity contribution in [2.24, 2.45) is 11.7 Å². The summed E-state index contributed by atoms with van der Waals surface area (Å²) in [6.07, 6.45) is 14.1. The molecular formula is C17H36N2. The Hall–Kier alpha value is -0.0800. The average molecular weight is 268 g/mol. The Bertz CT molecular complexity index is 203. The van der Waals surface area contributed by atoms with Gasteiger partial charge in [-0.05, 0) is 45.2 Å². The van der Waals surface area contributed by atoms with E-state index < -0.39 is 0 Å². The molecule has 2 atom stereocenters. The molecule has 1 aliphatic rings. The first kappa shape index (κ1) is 17.0. The number of nitrogens with zero attached hydrogens (tertiary/aromatic N) is 1. The van der Waals surface area contributed by atoms with Crippen LogP contribution in [0, 0.1) is 5.92 Å². The standard InChI is InChI=1S/C17H36N2/c1-3-4-5-6-7-8-9-10-13-19-14-11-12-17(15-19)16(2)18/h16-17H,3-15,18H2,1-2H3. The van der Waals surface area contributed by atoms with E-state index in [0.717, 1.165) is 5.92 Å². The highest BCUT2D eigenvalue weighted by Gasteiger charge is 2.21. The van der Waals surface area contributed by atoms with Gasteiger partial charge in [-0.15, -0.1) is 0 Å². The van der Waals surface area contributed by atoms with E-state index in [2.05, 4.69) is 18.7 Å². The van der Waals surface area contributed by atoms with Crippen molar-refractivity contribution in [1.29, 1.82) is 0 Å². The molecule has 0 aliphatic carbocycles. The summed E-state index contributed by atoms with van der Waals surface area (Å²) >= 11 is 0. The highest BCUT2D eigenvalue weighted by molar-refractivity contribution is 4.78. The highest BCUT2D eigenvalue weighted by Crippen LogP contribution is 2.19. The van der Waals surface area contributed by atoms with Gasteiger partial charge in [0, 0.05) is 12.6 Å². The summed E-state index contributed by atoms with van der Waals surface area (Å²) in [7, 11) is 0.